The fourth-order valence-electron chi connectivity index (χ4n) is 0.995. The van der Waals surface area contributed by atoms with Crippen LogP contribution in [0.15, 0.2) is 12.1 Å². The number of nitrogens with one attached hydrogen (secondary N) is 1. The lowest BCUT2D eigenvalue weighted by Gasteiger charge is -2.09. The molecule has 0 aromatic heterocycles. The van der Waals surface area contributed by atoms with Crippen LogP contribution < -0.4 is 5.32 Å². The van der Waals surface area contributed by atoms with Gasteiger partial charge in [0.25, 0.3) is 5.69 Å². The van der Waals surface area contributed by atoms with Gasteiger partial charge >= 0.3 is 12.1 Å². The predicted octanol–water partition coefficient (Wildman–Crippen LogP) is 2.45. The van der Waals surface area contributed by atoms with E-state index in [1.165, 1.54) is 5.32 Å². The van der Waals surface area contributed by atoms with Crippen LogP contribution in [0.3, 0.4) is 0 Å². The average molecular weight is 285 g/mol. The molecule has 10 heteroatoms. The summed E-state index contributed by atoms with van der Waals surface area (Å²) in [6.45, 7) is 0. The zero-order chi connectivity index (χ0) is 14.1. The van der Waals surface area contributed by atoms with E-state index in [1.54, 1.807) is 0 Å². The Hall–Kier alpha value is -2.03. The normalized spacial score (nSPS) is 11.1. The van der Waals surface area contributed by atoms with E-state index < -0.39 is 39.2 Å². The SMILES string of the molecule is O=C(Nc1cc(Cl)c(O)cc1[N+](=O)[O-])C(F)(F)F. The van der Waals surface area contributed by atoms with Crippen LogP contribution in [0, 0.1) is 10.1 Å². The molecule has 0 aliphatic carbocycles. The van der Waals surface area contributed by atoms with Crippen LogP contribution in [0.5, 0.6) is 5.75 Å². The van der Waals surface area contributed by atoms with E-state index in [4.69, 9.17) is 16.7 Å². The summed E-state index contributed by atoms with van der Waals surface area (Å²) in [6.07, 6.45) is -5.20. The number of hydrogen-bond donors (Lipinski definition) is 2. The number of halogens is 4. The Kier molecular flexibility index (Phi) is 3.65. The molecule has 0 unspecified atom stereocenters. The van der Waals surface area contributed by atoms with Crippen molar-refractivity contribution < 1.29 is 28.0 Å². The van der Waals surface area contributed by atoms with Gasteiger partial charge in [-0.1, -0.05) is 11.6 Å². The van der Waals surface area contributed by atoms with Gasteiger partial charge in [-0.2, -0.15) is 13.2 Å². The van der Waals surface area contributed by atoms with Gasteiger partial charge in [0.05, 0.1) is 16.0 Å². The van der Waals surface area contributed by atoms with Gasteiger partial charge < -0.3 is 10.4 Å². The maximum Gasteiger partial charge on any atom is 0.471 e. The summed E-state index contributed by atoms with van der Waals surface area (Å²) in [7, 11) is 0. The van der Waals surface area contributed by atoms with Crippen LogP contribution in [0.25, 0.3) is 0 Å². The van der Waals surface area contributed by atoms with E-state index in [2.05, 4.69) is 0 Å². The molecule has 0 saturated heterocycles. The quantitative estimate of drug-likeness (QED) is 0.495. The number of anilines is 1. The van der Waals surface area contributed by atoms with Gasteiger partial charge in [-0.05, 0) is 6.07 Å². The van der Waals surface area contributed by atoms with Gasteiger partial charge in [-0.25, -0.2) is 0 Å². The first kappa shape index (κ1) is 14.0. The van der Waals surface area contributed by atoms with E-state index in [0.29, 0.717) is 12.1 Å². The van der Waals surface area contributed by atoms with Crippen LogP contribution in [-0.4, -0.2) is 22.1 Å². The van der Waals surface area contributed by atoms with Gasteiger partial charge in [0.1, 0.15) is 11.4 Å². The highest BCUT2D eigenvalue weighted by molar-refractivity contribution is 6.32. The lowest BCUT2D eigenvalue weighted by molar-refractivity contribution is -0.384. The number of amides is 1. The maximum atomic E-state index is 12.0. The Morgan fingerprint density at radius 1 is 1.44 bits per heavy atom. The number of benzene rings is 1. The first-order chi connectivity index (χ1) is 8.12. The Labute approximate surface area is 102 Å². The average Bonchev–Trinajstić information content (AvgIpc) is 2.21. The Bertz CT molecular complexity index is 518. The summed E-state index contributed by atoms with van der Waals surface area (Å²) in [5.41, 5.74) is -1.67. The Morgan fingerprint density at radius 3 is 2.44 bits per heavy atom. The molecule has 1 amide bonds. The minimum atomic E-state index is -5.20. The summed E-state index contributed by atoms with van der Waals surface area (Å²) in [4.78, 5) is 20.1. The van der Waals surface area contributed by atoms with Crippen molar-refractivity contribution in [2.45, 2.75) is 6.18 Å². The number of carbonyl (C=O) groups is 1. The Morgan fingerprint density at radius 2 is 2.00 bits per heavy atom. The fraction of sp³-hybridized carbons (Fsp3) is 0.125. The van der Waals surface area contributed by atoms with E-state index in [-0.39, 0.29) is 0 Å². The summed E-state index contributed by atoms with van der Waals surface area (Å²) in [6, 6.07) is 1.19. The van der Waals surface area contributed by atoms with E-state index in [0.717, 1.165) is 0 Å². The van der Waals surface area contributed by atoms with Crippen molar-refractivity contribution in [3.63, 3.8) is 0 Å². The minimum Gasteiger partial charge on any atom is -0.506 e. The van der Waals surface area contributed by atoms with E-state index >= 15 is 0 Å². The van der Waals surface area contributed by atoms with E-state index in [9.17, 15) is 28.1 Å². The molecule has 0 atom stereocenters. The molecule has 0 radical (unpaired) electrons. The van der Waals surface area contributed by atoms with Crippen molar-refractivity contribution in [2.75, 3.05) is 5.32 Å². The number of carbonyl (C=O) groups excluding carboxylic acids is 1. The Balaban J connectivity index is 3.20. The van der Waals surface area contributed by atoms with Crippen LogP contribution in [0.4, 0.5) is 24.5 Å². The highest BCUT2D eigenvalue weighted by atomic mass is 35.5. The van der Waals surface area contributed by atoms with Gasteiger partial charge in [0, 0.05) is 0 Å². The molecular weight excluding hydrogens is 281 g/mol. The molecule has 0 saturated carbocycles. The predicted molar refractivity (Wildman–Crippen MR) is 54.5 cm³/mol. The molecule has 0 spiro atoms. The van der Waals surface area contributed by atoms with Crippen LogP contribution >= 0.6 is 11.6 Å². The van der Waals surface area contributed by atoms with Crippen molar-refractivity contribution in [1.29, 1.82) is 0 Å². The van der Waals surface area contributed by atoms with Crippen molar-refractivity contribution in [3.8, 4) is 5.75 Å². The van der Waals surface area contributed by atoms with Crippen molar-refractivity contribution in [1.82, 2.24) is 0 Å². The summed E-state index contributed by atoms with van der Waals surface area (Å²) < 4.78 is 35.9. The van der Waals surface area contributed by atoms with Crippen molar-refractivity contribution in [2.24, 2.45) is 0 Å². The van der Waals surface area contributed by atoms with Crippen molar-refractivity contribution in [3.05, 3.63) is 27.3 Å². The zero-order valence-corrected chi connectivity index (χ0v) is 9.04. The summed E-state index contributed by atoms with van der Waals surface area (Å²) >= 11 is 5.38. The molecule has 6 nitrogen and oxygen atoms in total. The molecule has 1 aromatic carbocycles. The van der Waals surface area contributed by atoms with Crippen LogP contribution in [0.1, 0.15) is 0 Å². The lowest BCUT2D eigenvalue weighted by atomic mass is 10.2. The highest BCUT2D eigenvalue weighted by Crippen LogP contribution is 2.35. The minimum absolute atomic E-state index is 0.432. The fourth-order valence-corrected chi connectivity index (χ4v) is 1.16. The van der Waals surface area contributed by atoms with Gasteiger partial charge in [-0.15, -0.1) is 0 Å². The third-order valence-corrected chi connectivity index (χ3v) is 2.07. The number of hydrogen-bond acceptors (Lipinski definition) is 4. The first-order valence-corrected chi connectivity index (χ1v) is 4.56. The van der Waals surface area contributed by atoms with Gasteiger partial charge in [0.15, 0.2) is 0 Å². The molecule has 1 rings (SSSR count). The highest BCUT2D eigenvalue weighted by Gasteiger charge is 2.39. The molecule has 18 heavy (non-hydrogen) atoms. The summed E-state index contributed by atoms with van der Waals surface area (Å²) in [5, 5.41) is 20.5. The topological polar surface area (TPSA) is 92.5 Å². The molecule has 0 heterocycles. The van der Waals surface area contributed by atoms with Gasteiger partial charge in [-0.3, -0.25) is 14.9 Å². The molecule has 98 valence electrons. The number of aromatic hydroxyl groups is 1. The van der Waals surface area contributed by atoms with Crippen LogP contribution in [0.2, 0.25) is 5.02 Å². The second-order valence-corrected chi connectivity index (χ2v) is 3.44. The van der Waals surface area contributed by atoms with Crippen LogP contribution in [-0.2, 0) is 4.79 Å². The molecular formula is C8H4ClF3N2O4. The number of nitro benzene ring substituents is 1. The number of rotatable bonds is 2. The summed E-state index contributed by atoms with van der Waals surface area (Å²) in [5.74, 6) is -3.07. The first-order valence-electron chi connectivity index (χ1n) is 4.18. The number of phenols is 1. The molecule has 0 aliphatic rings. The van der Waals surface area contributed by atoms with Crippen molar-refractivity contribution >= 4 is 28.9 Å². The largest absolute Gasteiger partial charge is 0.506 e. The molecule has 0 fully saturated rings. The number of alkyl halides is 3. The molecule has 0 bridgehead atoms. The second kappa shape index (κ2) is 4.69. The monoisotopic (exact) mass is 284 g/mol. The zero-order valence-electron chi connectivity index (χ0n) is 8.29. The second-order valence-electron chi connectivity index (χ2n) is 3.03. The maximum absolute atomic E-state index is 12.0. The third kappa shape index (κ3) is 3.00. The molecule has 2 N–H and O–H groups in total. The smallest absolute Gasteiger partial charge is 0.471 e. The molecule has 1 aromatic rings. The molecule has 0 aliphatic heterocycles. The lowest BCUT2D eigenvalue weighted by Crippen LogP contribution is -2.30. The van der Waals surface area contributed by atoms with E-state index in [1.807, 2.05) is 0 Å². The number of phenolic OH excluding ortho intramolecular Hbond substituents is 1. The third-order valence-electron chi connectivity index (χ3n) is 1.77. The number of nitro groups is 1. The van der Waals surface area contributed by atoms with Gasteiger partial charge in [0.2, 0.25) is 0 Å². The standard InChI is InChI=1S/C8H4ClF3N2O4/c9-3-1-4(13-7(16)8(10,11)12)5(14(17)18)2-6(3)15/h1-2,15H,(H,13,16). The number of nitrogens with zero attached hydrogens (tertiary/aromatic N) is 1.